The van der Waals surface area contributed by atoms with E-state index in [1.54, 1.807) is 0 Å². The molecule has 2 nitrogen and oxygen atoms in total. The summed E-state index contributed by atoms with van der Waals surface area (Å²) in [5.41, 5.74) is 0. The van der Waals surface area contributed by atoms with Crippen LogP contribution >= 0.6 is 0 Å². The summed E-state index contributed by atoms with van der Waals surface area (Å²) in [5, 5.41) is 0. The highest BCUT2D eigenvalue weighted by atomic mass is 19.1. The van der Waals surface area contributed by atoms with Gasteiger partial charge in [-0.1, -0.05) is 20.3 Å². The number of hydrogen-bond donors (Lipinski definition) is 0. The van der Waals surface area contributed by atoms with Crippen molar-refractivity contribution in [1.29, 1.82) is 0 Å². The van der Waals surface area contributed by atoms with Gasteiger partial charge in [0.1, 0.15) is 6.17 Å². The van der Waals surface area contributed by atoms with E-state index in [0.717, 1.165) is 45.6 Å². The standard InChI is InChI=1S/C14H28FN2/c1-4-6-14(15)11-13(5-2)12-17-9-7-16(3)8-10-17/h13-14H,2,4-12H2,1,3H3. The molecule has 0 saturated carbocycles. The van der Waals surface area contributed by atoms with Crippen molar-refractivity contribution in [2.75, 3.05) is 39.8 Å². The molecule has 0 N–H and O–H groups in total. The predicted octanol–water partition coefficient (Wildman–Crippen LogP) is 2.60. The first-order chi connectivity index (χ1) is 8.15. The van der Waals surface area contributed by atoms with Crippen molar-refractivity contribution in [1.82, 2.24) is 9.80 Å². The molecule has 2 atom stereocenters. The first-order valence-electron chi connectivity index (χ1n) is 6.99. The average Bonchev–Trinajstić information content (AvgIpc) is 2.31. The monoisotopic (exact) mass is 243 g/mol. The zero-order valence-corrected chi connectivity index (χ0v) is 11.5. The normalized spacial score (nSPS) is 22.6. The Labute approximate surface area is 106 Å². The molecular formula is C14H28FN2. The van der Waals surface area contributed by atoms with Crippen LogP contribution in [0.4, 0.5) is 4.39 Å². The van der Waals surface area contributed by atoms with Crippen LogP contribution in [0.15, 0.2) is 0 Å². The van der Waals surface area contributed by atoms with Crippen LogP contribution in [0.3, 0.4) is 0 Å². The molecule has 2 unspecified atom stereocenters. The molecule has 1 fully saturated rings. The number of nitrogens with zero attached hydrogens (tertiary/aromatic N) is 2. The lowest BCUT2D eigenvalue weighted by Crippen LogP contribution is -2.46. The van der Waals surface area contributed by atoms with E-state index in [2.05, 4.69) is 23.8 Å². The fourth-order valence-electron chi connectivity index (χ4n) is 2.47. The van der Waals surface area contributed by atoms with Gasteiger partial charge in [-0.25, -0.2) is 4.39 Å². The fraction of sp³-hybridized carbons (Fsp3) is 0.929. The van der Waals surface area contributed by atoms with Crippen LogP contribution in [0.2, 0.25) is 0 Å². The smallest absolute Gasteiger partial charge is 0.100 e. The summed E-state index contributed by atoms with van der Waals surface area (Å²) in [5.74, 6) is 0.431. The lowest BCUT2D eigenvalue weighted by molar-refractivity contribution is 0.124. The molecule has 1 radical (unpaired) electrons. The van der Waals surface area contributed by atoms with Crippen molar-refractivity contribution in [3.05, 3.63) is 6.92 Å². The van der Waals surface area contributed by atoms with Gasteiger partial charge in [-0.2, -0.15) is 0 Å². The third-order valence-electron chi connectivity index (χ3n) is 3.71. The van der Waals surface area contributed by atoms with Crippen molar-refractivity contribution in [2.45, 2.75) is 38.8 Å². The summed E-state index contributed by atoms with van der Waals surface area (Å²) in [6.07, 6.45) is 2.58. The van der Waals surface area contributed by atoms with Crippen LogP contribution in [0.5, 0.6) is 0 Å². The third-order valence-corrected chi connectivity index (χ3v) is 3.71. The quantitative estimate of drug-likeness (QED) is 0.678. The summed E-state index contributed by atoms with van der Waals surface area (Å²) >= 11 is 0. The van der Waals surface area contributed by atoms with E-state index in [0.29, 0.717) is 18.8 Å². The van der Waals surface area contributed by atoms with Gasteiger partial charge in [-0.05, 0) is 32.2 Å². The van der Waals surface area contributed by atoms with Gasteiger partial charge in [0.2, 0.25) is 0 Å². The number of alkyl halides is 1. The maximum atomic E-state index is 13.6. The van der Waals surface area contributed by atoms with E-state index in [9.17, 15) is 4.39 Å². The fourth-order valence-corrected chi connectivity index (χ4v) is 2.47. The van der Waals surface area contributed by atoms with Crippen LogP contribution in [0.1, 0.15) is 32.6 Å². The molecule has 0 aromatic heterocycles. The van der Waals surface area contributed by atoms with E-state index in [-0.39, 0.29) is 0 Å². The van der Waals surface area contributed by atoms with Crippen molar-refractivity contribution in [3.63, 3.8) is 0 Å². The number of hydrogen-bond acceptors (Lipinski definition) is 2. The summed E-state index contributed by atoms with van der Waals surface area (Å²) in [4.78, 5) is 4.82. The molecular weight excluding hydrogens is 215 g/mol. The zero-order valence-electron chi connectivity index (χ0n) is 11.5. The second-order valence-corrected chi connectivity index (χ2v) is 5.38. The summed E-state index contributed by atoms with van der Waals surface area (Å²) in [6, 6.07) is 0. The Morgan fingerprint density at radius 2 is 1.88 bits per heavy atom. The lowest BCUT2D eigenvalue weighted by atomic mass is 9.96. The van der Waals surface area contributed by atoms with E-state index in [1.165, 1.54) is 0 Å². The Morgan fingerprint density at radius 1 is 1.24 bits per heavy atom. The van der Waals surface area contributed by atoms with E-state index in [1.807, 2.05) is 6.92 Å². The van der Waals surface area contributed by atoms with E-state index in [4.69, 9.17) is 0 Å². The molecule has 1 rings (SSSR count). The van der Waals surface area contributed by atoms with Gasteiger partial charge < -0.3 is 9.80 Å². The minimum absolute atomic E-state index is 0.431. The molecule has 0 aliphatic carbocycles. The molecule has 0 aromatic rings. The van der Waals surface area contributed by atoms with Crippen LogP contribution < -0.4 is 0 Å². The first-order valence-corrected chi connectivity index (χ1v) is 6.99. The largest absolute Gasteiger partial charge is 0.304 e. The Morgan fingerprint density at radius 3 is 2.41 bits per heavy atom. The van der Waals surface area contributed by atoms with Crippen molar-refractivity contribution in [3.8, 4) is 0 Å². The second-order valence-electron chi connectivity index (χ2n) is 5.38. The van der Waals surface area contributed by atoms with Crippen molar-refractivity contribution in [2.24, 2.45) is 5.92 Å². The number of rotatable bonds is 7. The zero-order chi connectivity index (χ0) is 12.7. The summed E-state index contributed by atoms with van der Waals surface area (Å²) in [7, 11) is 2.16. The highest BCUT2D eigenvalue weighted by molar-refractivity contribution is 4.75. The van der Waals surface area contributed by atoms with Crippen LogP contribution in [0.25, 0.3) is 0 Å². The predicted molar refractivity (Wildman–Crippen MR) is 71.8 cm³/mol. The second kappa shape index (κ2) is 8.04. The minimum atomic E-state index is -0.626. The van der Waals surface area contributed by atoms with E-state index < -0.39 is 6.17 Å². The van der Waals surface area contributed by atoms with Gasteiger partial charge in [0.25, 0.3) is 0 Å². The molecule has 1 aliphatic heterocycles. The minimum Gasteiger partial charge on any atom is -0.304 e. The number of piperazine rings is 1. The number of halogens is 1. The molecule has 17 heavy (non-hydrogen) atoms. The Bertz CT molecular complexity index is 191. The van der Waals surface area contributed by atoms with Crippen LogP contribution in [0, 0.1) is 12.8 Å². The van der Waals surface area contributed by atoms with Gasteiger partial charge in [0.05, 0.1) is 0 Å². The molecule has 0 spiro atoms. The molecule has 3 heteroatoms. The van der Waals surface area contributed by atoms with E-state index >= 15 is 0 Å². The average molecular weight is 243 g/mol. The molecule has 101 valence electrons. The molecule has 0 bridgehead atoms. The molecule has 1 heterocycles. The molecule has 1 aliphatic rings. The van der Waals surface area contributed by atoms with Crippen LogP contribution in [-0.2, 0) is 0 Å². The third kappa shape index (κ3) is 5.82. The number of likely N-dealkylation sites (N-methyl/N-ethyl adjacent to an activating group) is 1. The van der Waals surface area contributed by atoms with Gasteiger partial charge in [-0.15, -0.1) is 0 Å². The topological polar surface area (TPSA) is 6.48 Å². The van der Waals surface area contributed by atoms with Gasteiger partial charge >= 0.3 is 0 Å². The van der Waals surface area contributed by atoms with Crippen molar-refractivity contribution >= 4 is 0 Å². The Balaban J connectivity index is 2.26. The van der Waals surface area contributed by atoms with Gasteiger partial charge in [-0.3, -0.25) is 0 Å². The SMILES string of the molecule is [CH2]CC(CC(F)CCC)CN1CCN(C)CC1. The van der Waals surface area contributed by atoms with Gasteiger partial charge in [0.15, 0.2) is 0 Å². The van der Waals surface area contributed by atoms with Crippen LogP contribution in [-0.4, -0.2) is 55.7 Å². The van der Waals surface area contributed by atoms with Crippen molar-refractivity contribution < 1.29 is 4.39 Å². The Hall–Kier alpha value is -0.150. The highest BCUT2D eigenvalue weighted by Gasteiger charge is 2.19. The molecule has 0 amide bonds. The molecule has 1 saturated heterocycles. The maximum Gasteiger partial charge on any atom is 0.100 e. The molecule has 0 aromatic carbocycles. The lowest BCUT2D eigenvalue weighted by Gasteiger charge is -2.34. The highest BCUT2D eigenvalue weighted by Crippen LogP contribution is 2.18. The summed E-state index contributed by atoms with van der Waals surface area (Å²) < 4.78 is 13.6. The Kier molecular flexibility index (Phi) is 7.05. The maximum absolute atomic E-state index is 13.6. The first kappa shape index (κ1) is 14.9. The van der Waals surface area contributed by atoms with Gasteiger partial charge in [0, 0.05) is 32.7 Å². The summed E-state index contributed by atoms with van der Waals surface area (Å²) in [6.45, 7) is 11.6.